The molecule has 2 atom stereocenters. The molecule has 1 aliphatic carbocycles. The molecule has 4 nitrogen and oxygen atoms in total. The number of aryl methyl sites for hydroxylation is 1. The van der Waals surface area contributed by atoms with Gasteiger partial charge in [0.1, 0.15) is 0 Å². The Kier molecular flexibility index (Phi) is 5.60. The van der Waals surface area contributed by atoms with Crippen molar-refractivity contribution in [2.75, 3.05) is 5.43 Å². The Labute approximate surface area is 173 Å². The number of imidazole rings is 1. The van der Waals surface area contributed by atoms with Crippen molar-refractivity contribution in [1.29, 1.82) is 0 Å². The molecule has 1 heterocycles. The number of anilines is 1. The van der Waals surface area contributed by atoms with E-state index < -0.39 is 0 Å². The number of benzene rings is 2. The molecular weight excluding hydrogens is 403 g/mol. The number of aromatic nitrogens is 2. The van der Waals surface area contributed by atoms with E-state index >= 15 is 0 Å². The predicted molar refractivity (Wildman–Crippen MR) is 112 cm³/mol. The fourth-order valence-electron chi connectivity index (χ4n) is 3.68. The minimum absolute atomic E-state index is 0.0284. The number of hydrazine groups is 1. The van der Waals surface area contributed by atoms with Crippen molar-refractivity contribution in [2.24, 2.45) is 0 Å². The lowest BCUT2D eigenvalue weighted by Gasteiger charge is -2.29. The normalized spacial score (nSPS) is 19.4. The Balaban J connectivity index is 1.68. The molecular formula is C20H19Cl3N4. The largest absolute Gasteiger partial charge is 0.332 e. The summed E-state index contributed by atoms with van der Waals surface area (Å²) in [7, 11) is 0. The molecule has 2 aromatic carbocycles. The lowest BCUT2D eigenvalue weighted by molar-refractivity contribution is 0.353. The van der Waals surface area contributed by atoms with Crippen molar-refractivity contribution in [3.63, 3.8) is 0 Å². The lowest BCUT2D eigenvalue weighted by Crippen LogP contribution is -2.34. The third-order valence-corrected chi connectivity index (χ3v) is 5.76. The van der Waals surface area contributed by atoms with Crippen LogP contribution >= 0.6 is 34.8 Å². The Morgan fingerprint density at radius 2 is 1.85 bits per heavy atom. The maximum Gasteiger partial charge on any atom is 0.0949 e. The Morgan fingerprint density at radius 1 is 1.04 bits per heavy atom. The van der Waals surface area contributed by atoms with Crippen molar-refractivity contribution in [2.45, 2.75) is 31.3 Å². The lowest BCUT2D eigenvalue weighted by atomic mass is 9.96. The molecule has 4 rings (SSSR count). The second-order valence-corrected chi connectivity index (χ2v) is 7.96. The molecule has 140 valence electrons. The molecule has 27 heavy (non-hydrogen) atoms. The molecule has 0 radical (unpaired) electrons. The van der Waals surface area contributed by atoms with Crippen molar-refractivity contribution in [3.05, 3.63) is 81.3 Å². The minimum atomic E-state index is 0.0284. The van der Waals surface area contributed by atoms with Crippen LogP contribution < -0.4 is 10.9 Å². The number of rotatable bonds is 4. The van der Waals surface area contributed by atoms with Gasteiger partial charge in [-0.15, -0.1) is 0 Å². The highest BCUT2D eigenvalue weighted by Gasteiger charge is 2.29. The van der Waals surface area contributed by atoms with Gasteiger partial charge in [0, 0.05) is 22.4 Å². The van der Waals surface area contributed by atoms with Crippen molar-refractivity contribution in [3.8, 4) is 0 Å². The van der Waals surface area contributed by atoms with Gasteiger partial charge in [-0.2, -0.15) is 0 Å². The van der Waals surface area contributed by atoms with Gasteiger partial charge in [-0.05, 0) is 60.7 Å². The summed E-state index contributed by atoms with van der Waals surface area (Å²) in [6, 6.07) is 11.8. The van der Waals surface area contributed by atoms with Gasteiger partial charge in [-0.3, -0.25) is 0 Å². The van der Waals surface area contributed by atoms with E-state index in [0.29, 0.717) is 10.0 Å². The Bertz CT molecular complexity index is 927. The molecule has 1 aliphatic rings. The van der Waals surface area contributed by atoms with E-state index in [0.717, 1.165) is 30.0 Å². The van der Waals surface area contributed by atoms with E-state index in [2.05, 4.69) is 32.5 Å². The van der Waals surface area contributed by atoms with Crippen molar-refractivity contribution < 1.29 is 0 Å². The van der Waals surface area contributed by atoms with E-state index in [1.165, 1.54) is 11.1 Å². The number of halogens is 3. The zero-order valence-corrected chi connectivity index (χ0v) is 16.8. The highest BCUT2D eigenvalue weighted by atomic mass is 35.5. The van der Waals surface area contributed by atoms with E-state index in [1.807, 2.05) is 36.9 Å². The van der Waals surface area contributed by atoms with Gasteiger partial charge in [-0.25, -0.2) is 10.4 Å². The van der Waals surface area contributed by atoms with Gasteiger partial charge in [0.15, 0.2) is 0 Å². The molecule has 1 aromatic heterocycles. The molecule has 0 aliphatic heterocycles. The van der Waals surface area contributed by atoms with E-state index in [4.69, 9.17) is 34.8 Å². The van der Waals surface area contributed by atoms with Crippen LogP contribution in [0.3, 0.4) is 0 Å². The summed E-state index contributed by atoms with van der Waals surface area (Å²) in [4.78, 5) is 4.23. The van der Waals surface area contributed by atoms with Crippen LogP contribution in [0.2, 0.25) is 15.1 Å². The first-order valence-corrected chi connectivity index (χ1v) is 9.97. The molecule has 7 heteroatoms. The zero-order valence-electron chi connectivity index (χ0n) is 14.5. The van der Waals surface area contributed by atoms with Gasteiger partial charge < -0.3 is 9.99 Å². The first-order chi connectivity index (χ1) is 13.1. The van der Waals surface area contributed by atoms with Gasteiger partial charge in [0.05, 0.1) is 29.1 Å². The second-order valence-electron chi connectivity index (χ2n) is 6.68. The van der Waals surface area contributed by atoms with E-state index in [9.17, 15) is 0 Å². The van der Waals surface area contributed by atoms with Crippen LogP contribution in [-0.2, 0) is 6.42 Å². The highest BCUT2D eigenvalue weighted by Crippen LogP contribution is 2.37. The summed E-state index contributed by atoms with van der Waals surface area (Å²) < 4.78 is 2.16. The van der Waals surface area contributed by atoms with Crippen molar-refractivity contribution in [1.82, 2.24) is 15.0 Å². The smallest absolute Gasteiger partial charge is 0.0949 e. The van der Waals surface area contributed by atoms with Crippen LogP contribution in [0.4, 0.5) is 5.69 Å². The summed E-state index contributed by atoms with van der Waals surface area (Å²) in [5.74, 6) is 0. The SMILES string of the molecule is Clc1ccc(NNC2c3ccc(Cl)cc3CCCC2n2ccnc2)c(Cl)c1. The maximum atomic E-state index is 6.32. The molecule has 0 fully saturated rings. The molecule has 2 N–H and O–H groups in total. The molecule has 0 amide bonds. The zero-order chi connectivity index (χ0) is 18.8. The number of nitrogens with one attached hydrogen (secondary N) is 2. The number of hydrogen-bond acceptors (Lipinski definition) is 3. The molecule has 0 bridgehead atoms. The number of hydrogen-bond donors (Lipinski definition) is 2. The summed E-state index contributed by atoms with van der Waals surface area (Å²) in [6.45, 7) is 0. The molecule has 0 saturated carbocycles. The third-order valence-electron chi connectivity index (χ3n) is 4.97. The molecule has 3 aromatic rings. The Morgan fingerprint density at radius 3 is 2.63 bits per heavy atom. The highest BCUT2D eigenvalue weighted by molar-refractivity contribution is 6.36. The average Bonchev–Trinajstić information content (AvgIpc) is 3.11. The van der Waals surface area contributed by atoms with Gasteiger partial charge in [0.25, 0.3) is 0 Å². The quantitative estimate of drug-likeness (QED) is 0.396. The van der Waals surface area contributed by atoms with Crippen LogP contribution in [0.1, 0.15) is 36.1 Å². The second kappa shape index (κ2) is 8.11. The standard InChI is InChI=1S/C20H19Cl3N4/c21-14-4-6-16-13(10-14)2-1-3-19(27-9-8-24-12-27)20(16)26-25-18-7-5-15(22)11-17(18)23/h4-12,19-20,25-26H,1-3H2. The summed E-state index contributed by atoms with van der Waals surface area (Å²) >= 11 is 18.6. The van der Waals surface area contributed by atoms with Crippen LogP contribution in [0.15, 0.2) is 55.1 Å². The molecule has 2 unspecified atom stereocenters. The summed E-state index contributed by atoms with van der Waals surface area (Å²) in [5, 5.41) is 1.94. The fourth-order valence-corrected chi connectivity index (χ4v) is 4.33. The van der Waals surface area contributed by atoms with Gasteiger partial charge in [-0.1, -0.05) is 40.9 Å². The van der Waals surface area contributed by atoms with E-state index in [-0.39, 0.29) is 12.1 Å². The average molecular weight is 422 g/mol. The number of fused-ring (bicyclic) bond motifs is 1. The first-order valence-electron chi connectivity index (χ1n) is 8.84. The van der Waals surface area contributed by atoms with Crippen LogP contribution in [0.25, 0.3) is 0 Å². The van der Waals surface area contributed by atoms with Crippen LogP contribution in [0.5, 0.6) is 0 Å². The van der Waals surface area contributed by atoms with Crippen LogP contribution in [-0.4, -0.2) is 9.55 Å². The molecule has 0 saturated heterocycles. The van der Waals surface area contributed by atoms with Crippen molar-refractivity contribution >= 4 is 40.5 Å². The summed E-state index contributed by atoms with van der Waals surface area (Å²) in [5.41, 5.74) is 10.0. The van der Waals surface area contributed by atoms with Crippen LogP contribution in [0, 0.1) is 0 Å². The van der Waals surface area contributed by atoms with Gasteiger partial charge >= 0.3 is 0 Å². The predicted octanol–water partition coefficient (Wildman–Crippen LogP) is 6.08. The topological polar surface area (TPSA) is 41.9 Å². The molecule has 0 spiro atoms. The van der Waals surface area contributed by atoms with Gasteiger partial charge in [0.2, 0.25) is 0 Å². The number of nitrogens with zero attached hydrogens (tertiary/aromatic N) is 2. The van der Waals surface area contributed by atoms with E-state index in [1.54, 1.807) is 6.07 Å². The maximum absolute atomic E-state index is 6.32. The Hall–Kier alpha value is -1.72. The first kappa shape index (κ1) is 18.6. The monoisotopic (exact) mass is 420 g/mol. The fraction of sp³-hybridized carbons (Fsp3) is 0.250. The summed E-state index contributed by atoms with van der Waals surface area (Å²) in [6.07, 6.45) is 8.80. The minimum Gasteiger partial charge on any atom is -0.332 e. The third kappa shape index (κ3) is 4.09.